The fourth-order valence-corrected chi connectivity index (χ4v) is 5.21. The van der Waals surface area contributed by atoms with Crippen LogP contribution in [0.4, 0.5) is 0 Å². The summed E-state index contributed by atoms with van der Waals surface area (Å²) in [5.41, 5.74) is 0.355. The molecular weight excluding hydrogens is 342 g/mol. The zero-order valence-electron chi connectivity index (χ0n) is 20.0. The highest BCUT2D eigenvalue weighted by atomic mass is 15.2. The average Bonchev–Trinajstić information content (AvgIpc) is 2.70. The maximum absolute atomic E-state index is 4.11. The topological polar surface area (TPSA) is 36.1 Å². The summed E-state index contributed by atoms with van der Waals surface area (Å²) in [5, 5.41) is 12.1. The number of unbranched alkanes of at least 4 members (excludes halogenated alkanes) is 5. The smallest absolute Gasteiger partial charge is 0.0576 e. The Morgan fingerprint density at radius 2 is 1.18 bits per heavy atom. The first-order valence-electron chi connectivity index (χ1n) is 12.9. The second-order valence-electron chi connectivity index (χ2n) is 9.28. The van der Waals surface area contributed by atoms with Gasteiger partial charge in [0.05, 0.1) is 6.17 Å². The van der Waals surface area contributed by atoms with Crippen molar-refractivity contribution < 1.29 is 0 Å². The predicted molar refractivity (Wildman–Crippen MR) is 126 cm³/mol. The highest BCUT2D eigenvalue weighted by Crippen LogP contribution is 2.40. The van der Waals surface area contributed by atoms with Crippen LogP contribution in [0.1, 0.15) is 125 Å². The SMILES string of the molecule is CCCCCNCC1(CCC)C(CCCC)NC(CCCC)NC1CCCC. The molecule has 0 radical (unpaired) electrons. The maximum atomic E-state index is 4.11. The Kier molecular flexibility index (Phi) is 14.5. The predicted octanol–water partition coefficient (Wildman–Crippen LogP) is 6.38. The molecule has 2 atom stereocenters. The van der Waals surface area contributed by atoms with Crippen molar-refractivity contribution in [1.29, 1.82) is 0 Å². The first-order chi connectivity index (χ1) is 13.7. The molecule has 0 aliphatic carbocycles. The normalized spacial score (nSPS) is 28.0. The molecule has 28 heavy (non-hydrogen) atoms. The highest BCUT2D eigenvalue weighted by Gasteiger charge is 2.47. The van der Waals surface area contributed by atoms with Gasteiger partial charge in [0.15, 0.2) is 0 Å². The lowest BCUT2D eigenvalue weighted by Gasteiger charge is -2.54. The van der Waals surface area contributed by atoms with Crippen molar-refractivity contribution in [3.63, 3.8) is 0 Å². The van der Waals surface area contributed by atoms with E-state index in [4.69, 9.17) is 0 Å². The lowest BCUT2D eigenvalue weighted by Crippen LogP contribution is -2.71. The van der Waals surface area contributed by atoms with Crippen molar-refractivity contribution in [3.05, 3.63) is 0 Å². The van der Waals surface area contributed by atoms with Crippen molar-refractivity contribution in [2.24, 2.45) is 5.41 Å². The Hall–Kier alpha value is -0.120. The molecule has 1 aliphatic rings. The fourth-order valence-electron chi connectivity index (χ4n) is 5.21. The zero-order valence-corrected chi connectivity index (χ0v) is 20.0. The standard InChI is InChI=1S/C25H53N3/c1-6-11-15-20-26-21-25(19-10-5)22(16-12-7-2)27-24(18-14-9-4)28-23(25)17-13-8-3/h22-24,26-28H,6-21H2,1-5H3. The van der Waals surface area contributed by atoms with Gasteiger partial charge in [-0.3, -0.25) is 10.6 Å². The van der Waals surface area contributed by atoms with Crippen molar-refractivity contribution in [3.8, 4) is 0 Å². The van der Waals surface area contributed by atoms with Crippen molar-refractivity contribution in [2.45, 2.75) is 143 Å². The first-order valence-corrected chi connectivity index (χ1v) is 12.9. The van der Waals surface area contributed by atoms with E-state index in [1.165, 1.54) is 103 Å². The van der Waals surface area contributed by atoms with Gasteiger partial charge in [-0.1, -0.05) is 92.4 Å². The molecule has 1 fully saturated rings. The van der Waals surface area contributed by atoms with Gasteiger partial charge in [0, 0.05) is 24.0 Å². The summed E-state index contributed by atoms with van der Waals surface area (Å²) in [6, 6.07) is 1.30. The number of hydrogen-bond acceptors (Lipinski definition) is 3. The molecule has 1 aliphatic heterocycles. The van der Waals surface area contributed by atoms with Gasteiger partial charge in [0.2, 0.25) is 0 Å². The molecule has 3 nitrogen and oxygen atoms in total. The molecule has 1 saturated heterocycles. The Balaban J connectivity index is 2.99. The van der Waals surface area contributed by atoms with Gasteiger partial charge in [-0.2, -0.15) is 0 Å². The van der Waals surface area contributed by atoms with E-state index in [1.807, 2.05) is 0 Å². The molecule has 3 N–H and O–H groups in total. The lowest BCUT2D eigenvalue weighted by molar-refractivity contribution is 0.0274. The molecule has 0 amide bonds. The van der Waals surface area contributed by atoms with Crippen LogP contribution in [0, 0.1) is 5.41 Å². The van der Waals surface area contributed by atoms with Crippen LogP contribution in [0.2, 0.25) is 0 Å². The van der Waals surface area contributed by atoms with Crippen molar-refractivity contribution in [1.82, 2.24) is 16.0 Å². The summed E-state index contributed by atoms with van der Waals surface area (Å²) < 4.78 is 0. The summed E-state index contributed by atoms with van der Waals surface area (Å²) >= 11 is 0. The lowest BCUT2D eigenvalue weighted by atomic mass is 9.66. The van der Waals surface area contributed by atoms with Crippen LogP contribution < -0.4 is 16.0 Å². The fraction of sp³-hybridized carbons (Fsp3) is 1.00. The van der Waals surface area contributed by atoms with Gasteiger partial charge in [-0.05, 0) is 38.6 Å². The Bertz CT molecular complexity index is 340. The molecule has 0 aromatic heterocycles. The summed E-state index contributed by atoms with van der Waals surface area (Å²) in [6.07, 6.45) is 18.9. The maximum Gasteiger partial charge on any atom is 0.0576 e. The summed E-state index contributed by atoms with van der Waals surface area (Å²) in [6.45, 7) is 14.0. The molecular formula is C25H53N3. The van der Waals surface area contributed by atoms with E-state index in [2.05, 4.69) is 50.6 Å². The second kappa shape index (κ2) is 15.7. The molecule has 0 saturated carbocycles. The minimum atomic E-state index is 0.355. The number of hydrogen-bond donors (Lipinski definition) is 3. The van der Waals surface area contributed by atoms with E-state index in [0.29, 0.717) is 23.7 Å². The molecule has 3 heteroatoms. The third-order valence-corrected chi connectivity index (χ3v) is 6.86. The van der Waals surface area contributed by atoms with Crippen LogP contribution in [0.5, 0.6) is 0 Å². The van der Waals surface area contributed by atoms with E-state index < -0.39 is 0 Å². The third-order valence-electron chi connectivity index (χ3n) is 6.86. The molecule has 168 valence electrons. The van der Waals surface area contributed by atoms with Gasteiger partial charge in [-0.15, -0.1) is 0 Å². The second-order valence-corrected chi connectivity index (χ2v) is 9.28. The van der Waals surface area contributed by atoms with Gasteiger partial charge >= 0.3 is 0 Å². The van der Waals surface area contributed by atoms with Crippen LogP contribution in [-0.2, 0) is 0 Å². The van der Waals surface area contributed by atoms with E-state index in [1.54, 1.807) is 0 Å². The summed E-state index contributed by atoms with van der Waals surface area (Å²) in [5.74, 6) is 0. The Morgan fingerprint density at radius 1 is 0.643 bits per heavy atom. The molecule has 0 aromatic carbocycles. The Morgan fingerprint density at radius 3 is 1.68 bits per heavy atom. The van der Waals surface area contributed by atoms with E-state index in [0.717, 1.165) is 0 Å². The molecule has 0 aromatic rings. The van der Waals surface area contributed by atoms with Crippen molar-refractivity contribution >= 4 is 0 Å². The van der Waals surface area contributed by atoms with Crippen LogP contribution >= 0.6 is 0 Å². The quantitative estimate of drug-likeness (QED) is 0.250. The summed E-state index contributed by atoms with van der Waals surface area (Å²) in [7, 11) is 0. The van der Waals surface area contributed by atoms with Gasteiger partial charge in [-0.25, -0.2) is 0 Å². The van der Waals surface area contributed by atoms with E-state index in [-0.39, 0.29) is 0 Å². The van der Waals surface area contributed by atoms with Gasteiger partial charge in [0.1, 0.15) is 0 Å². The highest BCUT2D eigenvalue weighted by molar-refractivity contribution is 5.05. The summed E-state index contributed by atoms with van der Waals surface area (Å²) in [4.78, 5) is 0. The van der Waals surface area contributed by atoms with Gasteiger partial charge in [0.25, 0.3) is 0 Å². The first kappa shape index (κ1) is 25.9. The molecule has 1 heterocycles. The average molecular weight is 396 g/mol. The monoisotopic (exact) mass is 395 g/mol. The largest absolute Gasteiger partial charge is 0.316 e. The number of rotatable bonds is 17. The van der Waals surface area contributed by atoms with Crippen LogP contribution in [0.15, 0.2) is 0 Å². The minimum absolute atomic E-state index is 0.355. The van der Waals surface area contributed by atoms with Crippen LogP contribution in [0.3, 0.4) is 0 Å². The minimum Gasteiger partial charge on any atom is -0.316 e. The molecule has 0 bridgehead atoms. The van der Waals surface area contributed by atoms with Gasteiger partial charge < -0.3 is 5.32 Å². The molecule has 2 unspecified atom stereocenters. The van der Waals surface area contributed by atoms with Crippen LogP contribution in [-0.4, -0.2) is 31.3 Å². The third kappa shape index (κ3) is 8.32. The Labute approximate surface area is 177 Å². The number of nitrogens with one attached hydrogen (secondary N) is 3. The van der Waals surface area contributed by atoms with E-state index in [9.17, 15) is 0 Å². The molecule has 1 rings (SSSR count). The zero-order chi connectivity index (χ0) is 20.7. The molecule has 0 spiro atoms. The van der Waals surface area contributed by atoms with E-state index >= 15 is 0 Å². The van der Waals surface area contributed by atoms with Crippen molar-refractivity contribution in [2.75, 3.05) is 13.1 Å². The van der Waals surface area contributed by atoms with Crippen LogP contribution in [0.25, 0.3) is 0 Å².